The van der Waals surface area contributed by atoms with E-state index in [1.165, 1.54) is 12.8 Å². The summed E-state index contributed by atoms with van der Waals surface area (Å²) in [5.41, 5.74) is 1.14. The van der Waals surface area contributed by atoms with Crippen molar-refractivity contribution in [2.24, 2.45) is 0 Å². The lowest BCUT2D eigenvalue weighted by atomic mass is 10.2. The molecule has 1 aromatic carbocycles. The van der Waals surface area contributed by atoms with Crippen molar-refractivity contribution in [1.29, 1.82) is 0 Å². The topological polar surface area (TPSA) is 30.5 Å². The second-order valence-electron chi connectivity index (χ2n) is 4.31. The summed E-state index contributed by atoms with van der Waals surface area (Å²) in [6.45, 7) is 4.62. The van der Waals surface area contributed by atoms with Crippen LogP contribution in [0, 0.1) is 0 Å². The third kappa shape index (κ3) is 3.93. The highest BCUT2D eigenvalue weighted by Gasteiger charge is 2.14. The van der Waals surface area contributed by atoms with E-state index in [-0.39, 0.29) is 0 Å². The first-order chi connectivity index (χ1) is 8.38. The average molecular weight is 235 g/mol. The lowest BCUT2D eigenvalue weighted by Crippen LogP contribution is -2.12. The third-order valence-electron chi connectivity index (χ3n) is 2.98. The van der Waals surface area contributed by atoms with E-state index in [1.54, 1.807) is 0 Å². The molecule has 1 N–H and O–H groups in total. The van der Waals surface area contributed by atoms with Gasteiger partial charge in [-0.2, -0.15) is 0 Å². The maximum atomic E-state index is 5.58. The van der Waals surface area contributed by atoms with Crippen molar-refractivity contribution in [1.82, 2.24) is 0 Å². The maximum Gasteiger partial charge on any atom is 0.119 e. The van der Waals surface area contributed by atoms with E-state index in [0.29, 0.717) is 12.7 Å². The molecule has 1 unspecified atom stereocenters. The van der Waals surface area contributed by atoms with Crippen LogP contribution in [0.1, 0.15) is 26.2 Å². The van der Waals surface area contributed by atoms with Crippen molar-refractivity contribution in [3.63, 3.8) is 0 Å². The first-order valence-electron chi connectivity index (χ1n) is 6.47. The second-order valence-corrected chi connectivity index (χ2v) is 4.31. The number of rotatable bonds is 6. The van der Waals surface area contributed by atoms with Crippen LogP contribution < -0.4 is 10.1 Å². The van der Waals surface area contributed by atoms with Gasteiger partial charge in [0, 0.05) is 18.8 Å². The van der Waals surface area contributed by atoms with Gasteiger partial charge >= 0.3 is 0 Å². The summed E-state index contributed by atoms with van der Waals surface area (Å²) in [5, 5.41) is 3.41. The molecule has 1 saturated heterocycles. The molecule has 0 saturated carbocycles. The molecule has 3 nitrogen and oxygen atoms in total. The van der Waals surface area contributed by atoms with Crippen molar-refractivity contribution >= 4 is 5.69 Å². The Hall–Kier alpha value is -1.22. The van der Waals surface area contributed by atoms with Crippen LogP contribution >= 0.6 is 0 Å². The van der Waals surface area contributed by atoms with Gasteiger partial charge < -0.3 is 14.8 Å². The van der Waals surface area contributed by atoms with Gasteiger partial charge in [0.2, 0.25) is 0 Å². The second kappa shape index (κ2) is 6.50. The molecule has 0 amide bonds. The van der Waals surface area contributed by atoms with Gasteiger partial charge in [-0.1, -0.05) is 0 Å². The minimum Gasteiger partial charge on any atom is -0.494 e. The highest BCUT2D eigenvalue weighted by Crippen LogP contribution is 2.17. The van der Waals surface area contributed by atoms with E-state index in [0.717, 1.165) is 31.0 Å². The summed E-state index contributed by atoms with van der Waals surface area (Å²) in [5.74, 6) is 0.928. The lowest BCUT2D eigenvalue weighted by Gasteiger charge is -2.11. The highest BCUT2D eigenvalue weighted by molar-refractivity contribution is 5.46. The molecular formula is C14H21NO2. The number of nitrogens with one attached hydrogen (secondary N) is 1. The van der Waals surface area contributed by atoms with Gasteiger partial charge in [0.25, 0.3) is 0 Å². The summed E-state index contributed by atoms with van der Waals surface area (Å²) in [4.78, 5) is 0. The fourth-order valence-corrected chi connectivity index (χ4v) is 2.09. The Kier molecular flexibility index (Phi) is 4.68. The fraction of sp³-hybridized carbons (Fsp3) is 0.571. The summed E-state index contributed by atoms with van der Waals surface area (Å²) < 4.78 is 11.0. The molecular weight excluding hydrogens is 214 g/mol. The monoisotopic (exact) mass is 235 g/mol. The zero-order valence-corrected chi connectivity index (χ0v) is 10.4. The molecule has 1 heterocycles. The van der Waals surface area contributed by atoms with Crippen LogP contribution in [0.25, 0.3) is 0 Å². The smallest absolute Gasteiger partial charge is 0.119 e. The first kappa shape index (κ1) is 12.2. The Labute approximate surface area is 103 Å². The van der Waals surface area contributed by atoms with Crippen molar-refractivity contribution in [2.75, 3.05) is 25.1 Å². The highest BCUT2D eigenvalue weighted by atomic mass is 16.5. The minimum absolute atomic E-state index is 0.463. The van der Waals surface area contributed by atoms with Gasteiger partial charge in [-0.05, 0) is 50.5 Å². The number of benzene rings is 1. The van der Waals surface area contributed by atoms with Crippen LogP contribution in [0.5, 0.6) is 5.75 Å². The molecule has 17 heavy (non-hydrogen) atoms. The van der Waals surface area contributed by atoms with Crippen LogP contribution in [0.2, 0.25) is 0 Å². The molecule has 1 fully saturated rings. The Balaban J connectivity index is 1.70. The molecule has 1 aliphatic heterocycles. The van der Waals surface area contributed by atoms with Crippen molar-refractivity contribution < 1.29 is 9.47 Å². The maximum absolute atomic E-state index is 5.58. The van der Waals surface area contributed by atoms with E-state index >= 15 is 0 Å². The van der Waals surface area contributed by atoms with E-state index in [1.807, 2.05) is 19.1 Å². The zero-order chi connectivity index (χ0) is 11.9. The Bertz CT molecular complexity index is 317. The standard InChI is InChI=1S/C14H21NO2/c1-2-16-14-7-5-12(6-8-14)15-10-9-13-4-3-11-17-13/h5-8,13,15H,2-4,9-11H2,1H3. The van der Waals surface area contributed by atoms with Gasteiger partial charge in [0.1, 0.15) is 5.75 Å². The van der Waals surface area contributed by atoms with Gasteiger partial charge in [0.15, 0.2) is 0 Å². The molecule has 0 aromatic heterocycles. The van der Waals surface area contributed by atoms with Crippen LogP contribution in [-0.4, -0.2) is 25.9 Å². The van der Waals surface area contributed by atoms with E-state index in [9.17, 15) is 0 Å². The van der Waals surface area contributed by atoms with Crippen LogP contribution in [0.3, 0.4) is 0 Å². The largest absolute Gasteiger partial charge is 0.494 e. The molecule has 1 aliphatic rings. The van der Waals surface area contributed by atoms with Crippen LogP contribution in [0.4, 0.5) is 5.69 Å². The van der Waals surface area contributed by atoms with E-state index < -0.39 is 0 Å². The molecule has 0 aliphatic carbocycles. The van der Waals surface area contributed by atoms with Crippen molar-refractivity contribution in [2.45, 2.75) is 32.3 Å². The predicted molar refractivity (Wildman–Crippen MR) is 69.7 cm³/mol. The Morgan fingerprint density at radius 3 is 2.82 bits per heavy atom. The van der Waals surface area contributed by atoms with E-state index in [4.69, 9.17) is 9.47 Å². The first-order valence-corrected chi connectivity index (χ1v) is 6.47. The number of hydrogen-bond acceptors (Lipinski definition) is 3. The minimum atomic E-state index is 0.463. The molecule has 2 rings (SSSR count). The molecule has 0 bridgehead atoms. The number of ether oxygens (including phenoxy) is 2. The van der Waals surface area contributed by atoms with Gasteiger partial charge in [0.05, 0.1) is 12.7 Å². The quantitative estimate of drug-likeness (QED) is 0.822. The normalized spacial score (nSPS) is 19.2. The van der Waals surface area contributed by atoms with Crippen molar-refractivity contribution in [3.8, 4) is 5.75 Å². The third-order valence-corrected chi connectivity index (χ3v) is 2.98. The Morgan fingerprint density at radius 1 is 1.35 bits per heavy atom. The SMILES string of the molecule is CCOc1ccc(NCCC2CCCO2)cc1. The molecule has 1 aromatic rings. The van der Waals surface area contributed by atoms with Gasteiger partial charge in [-0.25, -0.2) is 0 Å². The number of anilines is 1. The van der Waals surface area contributed by atoms with Crippen LogP contribution in [0.15, 0.2) is 24.3 Å². The number of hydrogen-bond donors (Lipinski definition) is 1. The predicted octanol–water partition coefficient (Wildman–Crippen LogP) is 3.07. The fourth-order valence-electron chi connectivity index (χ4n) is 2.09. The molecule has 0 radical (unpaired) electrons. The summed E-state index contributed by atoms with van der Waals surface area (Å²) in [6.07, 6.45) is 3.98. The van der Waals surface area contributed by atoms with Gasteiger partial charge in [-0.15, -0.1) is 0 Å². The molecule has 94 valence electrons. The van der Waals surface area contributed by atoms with E-state index in [2.05, 4.69) is 17.4 Å². The Morgan fingerprint density at radius 2 is 2.18 bits per heavy atom. The zero-order valence-electron chi connectivity index (χ0n) is 10.4. The lowest BCUT2D eigenvalue weighted by molar-refractivity contribution is 0.107. The van der Waals surface area contributed by atoms with Crippen molar-refractivity contribution in [3.05, 3.63) is 24.3 Å². The summed E-state index contributed by atoms with van der Waals surface area (Å²) >= 11 is 0. The molecule has 3 heteroatoms. The molecule has 0 spiro atoms. The summed E-state index contributed by atoms with van der Waals surface area (Å²) in [6, 6.07) is 8.11. The average Bonchev–Trinajstić information content (AvgIpc) is 2.85. The summed E-state index contributed by atoms with van der Waals surface area (Å²) in [7, 11) is 0. The molecule has 1 atom stereocenters. The van der Waals surface area contributed by atoms with Crippen LogP contribution in [-0.2, 0) is 4.74 Å². The van der Waals surface area contributed by atoms with Gasteiger partial charge in [-0.3, -0.25) is 0 Å².